The van der Waals surface area contributed by atoms with Crippen molar-refractivity contribution in [2.75, 3.05) is 0 Å². The van der Waals surface area contributed by atoms with Crippen LogP contribution in [-0.2, 0) is 20.7 Å². The van der Waals surface area contributed by atoms with E-state index in [2.05, 4.69) is 5.32 Å². The number of nitrogens with one attached hydrogen (secondary N) is 1. The summed E-state index contributed by atoms with van der Waals surface area (Å²) in [5.74, 6) is -2.11. The molecule has 1 aromatic heterocycles. The number of carboxylic acid groups (broad SMARTS) is 1. The summed E-state index contributed by atoms with van der Waals surface area (Å²) in [7, 11) is -1.31. The molecule has 1 aromatic rings. The molecule has 2 rings (SSSR count). The SMILES string of the molecule is O=C(O)CC1C=CCC(NC(=O)Cc2cccc[n+]2O)B(O)O1. The van der Waals surface area contributed by atoms with Crippen LogP contribution in [0.15, 0.2) is 36.5 Å². The molecule has 0 spiro atoms. The van der Waals surface area contributed by atoms with Crippen molar-refractivity contribution in [2.24, 2.45) is 0 Å². The number of carbonyl (C=O) groups is 2. The first-order valence-corrected chi connectivity index (χ1v) is 7.16. The molecule has 8 nitrogen and oxygen atoms in total. The van der Waals surface area contributed by atoms with Crippen LogP contribution in [0.1, 0.15) is 18.5 Å². The van der Waals surface area contributed by atoms with Crippen LogP contribution in [0, 0.1) is 0 Å². The van der Waals surface area contributed by atoms with Gasteiger partial charge in [-0.1, -0.05) is 12.2 Å². The summed E-state index contributed by atoms with van der Waals surface area (Å²) in [5.41, 5.74) is 0.397. The quantitative estimate of drug-likeness (QED) is 0.241. The van der Waals surface area contributed by atoms with E-state index >= 15 is 0 Å². The standard InChI is InChI=1S/C14H17BN2O6/c18-13(8-10-4-1-2-7-17(10)22)16-12-6-3-5-11(9-14(19)20)23-15(12)21/h1-5,7,11-12,21H,6,8-9H2,(H2-,16,18,19,20,22)/p+1. The van der Waals surface area contributed by atoms with Crippen LogP contribution in [0.25, 0.3) is 0 Å². The van der Waals surface area contributed by atoms with E-state index in [-0.39, 0.29) is 12.8 Å². The summed E-state index contributed by atoms with van der Waals surface area (Å²) >= 11 is 0. The summed E-state index contributed by atoms with van der Waals surface area (Å²) < 4.78 is 6.08. The predicted molar refractivity (Wildman–Crippen MR) is 78.3 cm³/mol. The number of aliphatic carboxylic acids is 1. The number of hydrogen-bond donors (Lipinski definition) is 4. The minimum atomic E-state index is -1.31. The molecule has 0 saturated carbocycles. The molecule has 0 fully saturated rings. The number of carboxylic acids is 1. The monoisotopic (exact) mass is 321 g/mol. The first kappa shape index (κ1) is 17.0. The third-order valence-corrected chi connectivity index (χ3v) is 3.38. The second kappa shape index (κ2) is 7.75. The molecule has 2 heterocycles. The lowest BCUT2D eigenvalue weighted by Gasteiger charge is -2.19. The van der Waals surface area contributed by atoms with Crippen molar-refractivity contribution in [3.05, 3.63) is 42.2 Å². The average Bonchev–Trinajstić information content (AvgIpc) is 2.63. The lowest BCUT2D eigenvalue weighted by molar-refractivity contribution is -0.909. The van der Waals surface area contributed by atoms with Crippen molar-refractivity contribution in [1.29, 1.82) is 0 Å². The van der Waals surface area contributed by atoms with E-state index in [1.54, 1.807) is 30.4 Å². The minimum absolute atomic E-state index is 0.0666. The smallest absolute Gasteiger partial charge is 0.478 e. The summed E-state index contributed by atoms with van der Waals surface area (Å²) in [5, 5.41) is 30.9. The first-order chi connectivity index (χ1) is 11.0. The van der Waals surface area contributed by atoms with E-state index in [9.17, 15) is 19.8 Å². The lowest BCUT2D eigenvalue weighted by Crippen LogP contribution is -2.49. The van der Waals surface area contributed by atoms with Gasteiger partial charge in [0.1, 0.15) is 6.42 Å². The zero-order valence-corrected chi connectivity index (χ0v) is 12.3. The predicted octanol–water partition coefficient (Wildman–Crippen LogP) is -0.922. The van der Waals surface area contributed by atoms with Gasteiger partial charge in [0.05, 0.1) is 18.5 Å². The highest BCUT2D eigenvalue weighted by molar-refractivity contribution is 6.45. The molecule has 4 N–H and O–H groups in total. The maximum absolute atomic E-state index is 12.0. The van der Waals surface area contributed by atoms with Crippen molar-refractivity contribution in [2.45, 2.75) is 31.3 Å². The number of amides is 1. The van der Waals surface area contributed by atoms with Crippen LogP contribution in [0.2, 0.25) is 0 Å². The van der Waals surface area contributed by atoms with Crippen LogP contribution in [-0.4, -0.2) is 46.4 Å². The van der Waals surface area contributed by atoms with Gasteiger partial charge in [0.15, 0.2) is 0 Å². The van der Waals surface area contributed by atoms with Crippen molar-refractivity contribution in [1.82, 2.24) is 5.32 Å². The van der Waals surface area contributed by atoms with E-state index in [4.69, 9.17) is 9.76 Å². The Labute approximate surface area is 133 Å². The number of aromatic nitrogens is 1. The van der Waals surface area contributed by atoms with Crippen LogP contribution in [0.5, 0.6) is 0 Å². The summed E-state index contributed by atoms with van der Waals surface area (Å²) in [6.07, 6.45) is 3.89. The molecule has 0 radical (unpaired) electrons. The van der Waals surface area contributed by atoms with Gasteiger partial charge in [0.25, 0.3) is 0 Å². The number of nitrogens with zero attached hydrogens (tertiary/aromatic N) is 1. The molecule has 9 heteroatoms. The molecule has 1 aliphatic heterocycles. The summed E-state index contributed by atoms with van der Waals surface area (Å²) in [6.45, 7) is 0. The second-order valence-electron chi connectivity index (χ2n) is 5.21. The molecule has 0 saturated heterocycles. The van der Waals surface area contributed by atoms with Crippen LogP contribution < -0.4 is 10.0 Å². The van der Waals surface area contributed by atoms with Gasteiger partial charge in [0.2, 0.25) is 17.8 Å². The van der Waals surface area contributed by atoms with Crippen molar-refractivity contribution in [3.8, 4) is 0 Å². The molecule has 0 aliphatic carbocycles. The highest BCUT2D eigenvalue weighted by atomic mass is 16.5. The van der Waals surface area contributed by atoms with Crippen molar-refractivity contribution in [3.63, 3.8) is 0 Å². The Morgan fingerprint density at radius 2 is 2.22 bits per heavy atom. The zero-order chi connectivity index (χ0) is 16.8. The highest BCUT2D eigenvalue weighted by Gasteiger charge is 2.33. The van der Waals surface area contributed by atoms with E-state index in [1.807, 2.05) is 0 Å². The maximum Gasteiger partial charge on any atom is 0.478 e. The van der Waals surface area contributed by atoms with E-state index < -0.39 is 31.0 Å². The Bertz CT molecular complexity index is 609. The number of pyridine rings is 1. The molecular formula is C14H18BN2O6+. The first-order valence-electron chi connectivity index (χ1n) is 7.16. The number of hydrogen-bond acceptors (Lipinski definition) is 5. The topological polar surface area (TPSA) is 120 Å². The van der Waals surface area contributed by atoms with Gasteiger partial charge in [-0.3, -0.25) is 14.8 Å². The van der Waals surface area contributed by atoms with Gasteiger partial charge in [-0.25, -0.2) is 0 Å². The van der Waals surface area contributed by atoms with Crippen LogP contribution in [0.3, 0.4) is 0 Å². The third kappa shape index (κ3) is 5.08. The van der Waals surface area contributed by atoms with Gasteiger partial charge in [-0.05, 0) is 12.5 Å². The Kier molecular flexibility index (Phi) is 5.72. The Morgan fingerprint density at radius 1 is 1.43 bits per heavy atom. The van der Waals surface area contributed by atoms with Gasteiger partial charge in [-0.2, -0.15) is 0 Å². The van der Waals surface area contributed by atoms with E-state index in [1.165, 1.54) is 6.20 Å². The molecule has 0 aromatic carbocycles. The fourth-order valence-corrected chi connectivity index (χ4v) is 2.26. The molecular weight excluding hydrogens is 303 g/mol. The van der Waals surface area contributed by atoms with E-state index in [0.717, 1.165) is 4.73 Å². The molecule has 1 aliphatic rings. The molecule has 2 atom stereocenters. The Morgan fingerprint density at radius 3 is 2.91 bits per heavy atom. The molecule has 2 unspecified atom stereocenters. The second-order valence-corrected chi connectivity index (χ2v) is 5.21. The molecule has 122 valence electrons. The minimum Gasteiger partial charge on any atom is -0.481 e. The fraction of sp³-hybridized carbons (Fsp3) is 0.357. The largest absolute Gasteiger partial charge is 0.481 e. The maximum atomic E-state index is 12.0. The molecule has 1 amide bonds. The molecule has 0 bridgehead atoms. The summed E-state index contributed by atoms with van der Waals surface area (Å²) in [4.78, 5) is 22.7. The van der Waals surface area contributed by atoms with E-state index in [0.29, 0.717) is 12.1 Å². The summed E-state index contributed by atoms with van der Waals surface area (Å²) in [6, 6.07) is 4.91. The zero-order valence-electron chi connectivity index (χ0n) is 12.3. The van der Waals surface area contributed by atoms with Crippen molar-refractivity contribution >= 4 is 19.0 Å². The van der Waals surface area contributed by atoms with Gasteiger partial charge in [-0.15, -0.1) is 0 Å². The number of carbonyl (C=O) groups excluding carboxylic acids is 1. The van der Waals surface area contributed by atoms with Crippen LogP contribution in [0.4, 0.5) is 0 Å². The van der Waals surface area contributed by atoms with Gasteiger partial charge in [0, 0.05) is 16.9 Å². The highest BCUT2D eigenvalue weighted by Crippen LogP contribution is 2.12. The van der Waals surface area contributed by atoms with Gasteiger partial charge >= 0.3 is 13.1 Å². The molecule has 23 heavy (non-hydrogen) atoms. The number of rotatable bonds is 5. The fourth-order valence-electron chi connectivity index (χ4n) is 2.26. The third-order valence-electron chi connectivity index (χ3n) is 3.38. The van der Waals surface area contributed by atoms with Crippen molar-refractivity contribution < 1.29 is 34.3 Å². The Hall–Kier alpha value is -2.39. The lowest BCUT2D eigenvalue weighted by atomic mass is 9.77. The van der Waals surface area contributed by atoms with Gasteiger partial charge < -0.3 is 20.1 Å². The normalized spacial score (nSPS) is 20.8. The average molecular weight is 321 g/mol. The van der Waals surface area contributed by atoms with Crippen LogP contribution >= 0.6 is 0 Å². The Balaban J connectivity index is 1.92.